The molecule has 1 saturated heterocycles. The standard InChI is InChI=1S/C28H27FN2O4/c1-4-35-23-10-7-20(15-22(23)17(2)3)26(32)24-25(19-11-13-30-14-12-19)31(28(34)27(24)33)16-18-5-8-21(29)9-6-18/h5-15,17,25,32H,4,16H2,1-3H3/b26-24-. The minimum Gasteiger partial charge on any atom is -0.507 e. The fraction of sp³-hybridized carbons (Fsp3) is 0.250. The third-order valence-corrected chi connectivity index (χ3v) is 6.03. The Bertz CT molecular complexity index is 1270. The lowest BCUT2D eigenvalue weighted by Crippen LogP contribution is -2.29. The predicted molar refractivity (Wildman–Crippen MR) is 130 cm³/mol. The lowest BCUT2D eigenvalue weighted by atomic mass is 9.93. The number of hydrogen-bond donors (Lipinski definition) is 1. The van der Waals surface area contributed by atoms with Crippen LogP contribution in [0.1, 0.15) is 55.0 Å². The van der Waals surface area contributed by atoms with Crippen molar-refractivity contribution < 1.29 is 23.8 Å². The molecule has 3 aromatic rings. The average molecular weight is 475 g/mol. The summed E-state index contributed by atoms with van der Waals surface area (Å²) in [5, 5.41) is 11.4. The SMILES string of the molecule is CCOc1ccc(/C(O)=C2/C(=O)C(=O)N(Cc3ccc(F)cc3)C2c2ccncc2)cc1C(C)C. The molecule has 0 spiro atoms. The summed E-state index contributed by atoms with van der Waals surface area (Å²) in [4.78, 5) is 31.8. The highest BCUT2D eigenvalue weighted by Gasteiger charge is 2.46. The zero-order valence-corrected chi connectivity index (χ0v) is 19.9. The van der Waals surface area contributed by atoms with Gasteiger partial charge in [-0.15, -0.1) is 0 Å². The number of Topliss-reactive ketones (excluding diaryl/α,β-unsaturated/α-hetero) is 1. The van der Waals surface area contributed by atoms with Crippen molar-refractivity contribution in [2.45, 2.75) is 39.3 Å². The van der Waals surface area contributed by atoms with Crippen molar-refractivity contribution in [1.29, 1.82) is 0 Å². The third kappa shape index (κ3) is 4.80. The third-order valence-electron chi connectivity index (χ3n) is 6.03. The second-order valence-corrected chi connectivity index (χ2v) is 8.67. The van der Waals surface area contributed by atoms with Crippen molar-refractivity contribution in [3.8, 4) is 5.75 Å². The number of aromatic nitrogens is 1. The van der Waals surface area contributed by atoms with Gasteiger partial charge in [-0.3, -0.25) is 14.6 Å². The highest BCUT2D eigenvalue weighted by Crippen LogP contribution is 2.41. The first kappa shape index (κ1) is 24.1. The van der Waals surface area contributed by atoms with Gasteiger partial charge >= 0.3 is 0 Å². The topological polar surface area (TPSA) is 79.7 Å². The molecule has 0 radical (unpaired) electrons. The Morgan fingerprint density at radius 2 is 1.77 bits per heavy atom. The maximum absolute atomic E-state index is 13.4. The van der Waals surface area contributed by atoms with Gasteiger partial charge in [0.05, 0.1) is 18.2 Å². The summed E-state index contributed by atoms with van der Waals surface area (Å²) < 4.78 is 19.1. The Kier molecular flexibility index (Phi) is 6.96. The fourth-order valence-electron chi connectivity index (χ4n) is 4.31. The van der Waals surface area contributed by atoms with E-state index in [0.29, 0.717) is 29.0 Å². The van der Waals surface area contributed by atoms with Gasteiger partial charge in [0.15, 0.2) is 0 Å². The molecular weight excluding hydrogens is 447 g/mol. The number of benzene rings is 2. The van der Waals surface area contributed by atoms with Crippen LogP contribution in [-0.2, 0) is 16.1 Å². The van der Waals surface area contributed by atoms with E-state index in [1.807, 2.05) is 20.8 Å². The van der Waals surface area contributed by atoms with Crippen LogP contribution >= 0.6 is 0 Å². The largest absolute Gasteiger partial charge is 0.507 e. The molecule has 2 heterocycles. The number of pyridine rings is 1. The molecule has 0 bridgehead atoms. The van der Waals surface area contributed by atoms with E-state index in [1.165, 1.54) is 17.0 Å². The molecule has 1 aliphatic rings. The molecule has 35 heavy (non-hydrogen) atoms. The number of halogens is 1. The summed E-state index contributed by atoms with van der Waals surface area (Å²) in [7, 11) is 0. The number of ether oxygens (including phenoxy) is 1. The van der Waals surface area contributed by atoms with Gasteiger partial charge in [0, 0.05) is 24.5 Å². The van der Waals surface area contributed by atoms with E-state index in [9.17, 15) is 19.1 Å². The van der Waals surface area contributed by atoms with Crippen molar-refractivity contribution in [3.05, 3.63) is 101 Å². The number of rotatable bonds is 7. The Balaban J connectivity index is 1.84. The van der Waals surface area contributed by atoms with Crippen LogP contribution in [0.4, 0.5) is 4.39 Å². The Morgan fingerprint density at radius 3 is 2.40 bits per heavy atom. The van der Waals surface area contributed by atoms with Crippen molar-refractivity contribution in [1.82, 2.24) is 9.88 Å². The number of amides is 1. The van der Waals surface area contributed by atoms with E-state index in [4.69, 9.17) is 4.74 Å². The van der Waals surface area contributed by atoms with Crippen LogP contribution < -0.4 is 4.74 Å². The van der Waals surface area contributed by atoms with Gasteiger partial charge in [0.2, 0.25) is 0 Å². The molecule has 1 unspecified atom stereocenters. The maximum atomic E-state index is 13.4. The Labute approximate surface area is 203 Å². The number of ketones is 1. The smallest absolute Gasteiger partial charge is 0.295 e. The first-order valence-electron chi connectivity index (χ1n) is 11.5. The molecule has 1 fully saturated rings. The van der Waals surface area contributed by atoms with Crippen molar-refractivity contribution in [3.63, 3.8) is 0 Å². The molecule has 0 aliphatic carbocycles. The zero-order chi connectivity index (χ0) is 25.1. The second kappa shape index (κ2) is 10.1. The fourth-order valence-corrected chi connectivity index (χ4v) is 4.31. The number of aliphatic hydroxyl groups excluding tert-OH is 1. The van der Waals surface area contributed by atoms with Crippen molar-refractivity contribution >= 4 is 17.4 Å². The van der Waals surface area contributed by atoms with Gasteiger partial charge in [0.25, 0.3) is 11.7 Å². The van der Waals surface area contributed by atoms with E-state index in [0.717, 1.165) is 5.56 Å². The van der Waals surface area contributed by atoms with Crippen molar-refractivity contribution in [2.24, 2.45) is 0 Å². The number of carbonyl (C=O) groups excluding carboxylic acids is 2. The second-order valence-electron chi connectivity index (χ2n) is 8.67. The number of carbonyl (C=O) groups is 2. The molecule has 7 heteroatoms. The van der Waals surface area contributed by atoms with Gasteiger partial charge in [-0.25, -0.2) is 4.39 Å². The number of likely N-dealkylation sites (tertiary alicyclic amines) is 1. The van der Waals surface area contributed by atoms with Crippen LogP contribution in [0.2, 0.25) is 0 Å². The molecule has 4 rings (SSSR count). The van der Waals surface area contributed by atoms with E-state index in [1.54, 1.807) is 54.9 Å². The summed E-state index contributed by atoms with van der Waals surface area (Å²) in [6.07, 6.45) is 3.14. The first-order chi connectivity index (χ1) is 16.8. The lowest BCUT2D eigenvalue weighted by Gasteiger charge is -2.25. The molecule has 2 aromatic carbocycles. The van der Waals surface area contributed by atoms with Gasteiger partial charge < -0.3 is 14.7 Å². The van der Waals surface area contributed by atoms with Crippen LogP contribution in [-0.4, -0.2) is 33.3 Å². The predicted octanol–water partition coefficient (Wildman–Crippen LogP) is 5.36. The summed E-state index contributed by atoms with van der Waals surface area (Å²) in [5.41, 5.74) is 2.61. The molecule has 1 aromatic heterocycles. The van der Waals surface area contributed by atoms with Gasteiger partial charge in [-0.2, -0.15) is 0 Å². The van der Waals surface area contributed by atoms with Crippen LogP contribution in [0, 0.1) is 5.82 Å². The van der Waals surface area contributed by atoms with Gasteiger partial charge in [0.1, 0.15) is 17.3 Å². The summed E-state index contributed by atoms with van der Waals surface area (Å²) in [5.74, 6) is -1.32. The quantitative estimate of drug-likeness (QED) is 0.283. The summed E-state index contributed by atoms with van der Waals surface area (Å²) >= 11 is 0. The van der Waals surface area contributed by atoms with Gasteiger partial charge in [-0.1, -0.05) is 26.0 Å². The van der Waals surface area contributed by atoms with Crippen LogP contribution in [0.5, 0.6) is 5.75 Å². The van der Waals surface area contributed by atoms with E-state index < -0.39 is 23.5 Å². The van der Waals surface area contributed by atoms with Gasteiger partial charge in [-0.05, 0) is 72.0 Å². The average Bonchev–Trinajstić information content (AvgIpc) is 3.10. The number of aliphatic hydroxyl groups is 1. The molecule has 1 atom stereocenters. The highest BCUT2D eigenvalue weighted by molar-refractivity contribution is 6.46. The highest BCUT2D eigenvalue weighted by atomic mass is 19.1. The molecular formula is C28H27FN2O4. The van der Waals surface area contributed by atoms with Crippen molar-refractivity contribution in [2.75, 3.05) is 6.61 Å². The molecule has 6 nitrogen and oxygen atoms in total. The summed E-state index contributed by atoms with van der Waals surface area (Å²) in [6.45, 7) is 6.51. The van der Waals surface area contributed by atoms with Crippen LogP contribution in [0.25, 0.3) is 5.76 Å². The normalized spacial score (nSPS) is 17.3. The zero-order valence-electron chi connectivity index (χ0n) is 19.9. The molecule has 180 valence electrons. The maximum Gasteiger partial charge on any atom is 0.295 e. The van der Waals surface area contributed by atoms with E-state index in [2.05, 4.69) is 4.98 Å². The Morgan fingerprint density at radius 1 is 1.09 bits per heavy atom. The molecule has 1 amide bonds. The van der Waals surface area contributed by atoms with E-state index >= 15 is 0 Å². The first-order valence-corrected chi connectivity index (χ1v) is 11.5. The van der Waals surface area contributed by atoms with Crippen LogP contribution in [0.3, 0.4) is 0 Å². The Hall–Kier alpha value is -4.00. The molecule has 1 N–H and O–H groups in total. The molecule has 1 aliphatic heterocycles. The number of nitrogens with zero attached hydrogens (tertiary/aromatic N) is 2. The summed E-state index contributed by atoms with van der Waals surface area (Å²) in [6, 6.07) is 13.6. The van der Waals surface area contributed by atoms with Crippen LogP contribution in [0.15, 0.2) is 72.6 Å². The lowest BCUT2D eigenvalue weighted by molar-refractivity contribution is -0.140. The number of hydrogen-bond acceptors (Lipinski definition) is 5. The molecule has 0 saturated carbocycles. The minimum atomic E-state index is -0.822. The monoisotopic (exact) mass is 474 g/mol. The van der Waals surface area contributed by atoms with E-state index in [-0.39, 0.29) is 23.8 Å². The minimum absolute atomic E-state index is 0.00202.